The van der Waals surface area contributed by atoms with E-state index in [1.54, 1.807) is 0 Å². The van der Waals surface area contributed by atoms with E-state index >= 15 is 0 Å². The molecule has 1 heterocycles. The Morgan fingerprint density at radius 3 is 1.55 bits per heavy atom. The monoisotopic (exact) mass is 292 g/mol. The lowest BCUT2D eigenvalue weighted by atomic mass is 9.89. The molecule has 2 N–H and O–H groups in total. The Morgan fingerprint density at radius 1 is 0.636 bits per heavy atom. The van der Waals surface area contributed by atoms with Crippen molar-refractivity contribution in [3.63, 3.8) is 0 Å². The second kappa shape index (κ2) is 5.86. The summed E-state index contributed by atoms with van der Waals surface area (Å²) >= 11 is 0. The standard InChI is InChI=1S/C20H24N2/c1-4-10-16(11-5-1)18-19(17-12-6-2-7-13-17)22-20(21-18)14-8-3-9-15-20/h1-2,4-7,10-13,18-19,21-22H,3,8-9,14-15H2/t18-,19-/m1/s1. The van der Waals surface area contributed by atoms with Crippen LogP contribution < -0.4 is 10.6 Å². The minimum absolute atomic E-state index is 0.124. The van der Waals surface area contributed by atoms with Gasteiger partial charge in [0.05, 0.1) is 17.7 Å². The predicted molar refractivity (Wildman–Crippen MR) is 90.5 cm³/mol. The van der Waals surface area contributed by atoms with Gasteiger partial charge in [0.2, 0.25) is 0 Å². The molecule has 2 aromatic carbocycles. The molecular weight excluding hydrogens is 268 g/mol. The smallest absolute Gasteiger partial charge is 0.0697 e. The van der Waals surface area contributed by atoms with Crippen molar-refractivity contribution >= 4 is 0 Å². The largest absolute Gasteiger partial charge is 0.291 e. The van der Waals surface area contributed by atoms with E-state index < -0.39 is 0 Å². The molecule has 0 aromatic heterocycles. The Labute approximate surface area is 132 Å². The van der Waals surface area contributed by atoms with Crippen LogP contribution in [0, 0.1) is 0 Å². The van der Waals surface area contributed by atoms with E-state index in [-0.39, 0.29) is 5.66 Å². The maximum absolute atomic E-state index is 3.96. The van der Waals surface area contributed by atoms with Gasteiger partial charge in [0, 0.05) is 0 Å². The molecule has 2 aliphatic rings. The molecule has 0 unspecified atom stereocenters. The molecule has 2 nitrogen and oxygen atoms in total. The molecule has 1 aliphatic heterocycles. The first-order chi connectivity index (χ1) is 10.9. The zero-order valence-electron chi connectivity index (χ0n) is 13.0. The van der Waals surface area contributed by atoms with Gasteiger partial charge in [-0.25, -0.2) is 0 Å². The van der Waals surface area contributed by atoms with E-state index in [1.807, 2.05) is 0 Å². The van der Waals surface area contributed by atoms with E-state index in [4.69, 9.17) is 0 Å². The summed E-state index contributed by atoms with van der Waals surface area (Å²) in [5, 5.41) is 7.92. The summed E-state index contributed by atoms with van der Waals surface area (Å²) in [6.07, 6.45) is 6.49. The van der Waals surface area contributed by atoms with Crippen LogP contribution in [0.2, 0.25) is 0 Å². The molecule has 1 saturated carbocycles. The van der Waals surface area contributed by atoms with Crippen molar-refractivity contribution in [2.45, 2.75) is 49.9 Å². The minimum atomic E-state index is 0.124. The second-order valence-electron chi connectivity index (χ2n) is 6.71. The maximum Gasteiger partial charge on any atom is 0.0697 e. The van der Waals surface area contributed by atoms with Crippen molar-refractivity contribution in [3.8, 4) is 0 Å². The first-order valence-electron chi connectivity index (χ1n) is 8.52. The van der Waals surface area contributed by atoms with Crippen LogP contribution in [-0.2, 0) is 0 Å². The van der Waals surface area contributed by atoms with Gasteiger partial charge in [-0.3, -0.25) is 10.6 Å². The third-order valence-electron chi connectivity index (χ3n) is 5.22. The lowest BCUT2D eigenvalue weighted by Gasteiger charge is -2.34. The topological polar surface area (TPSA) is 24.1 Å². The fraction of sp³-hybridized carbons (Fsp3) is 0.400. The molecule has 114 valence electrons. The molecule has 0 amide bonds. The van der Waals surface area contributed by atoms with Gasteiger partial charge in [-0.2, -0.15) is 0 Å². The summed E-state index contributed by atoms with van der Waals surface area (Å²) in [5.41, 5.74) is 2.89. The van der Waals surface area contributed by atoms with Gasteiger partial charge in [-0.05, 0) is 24.0 Å². The van der Waals surface area contributed by atoms with Crippen LogP contribution in [-0.4, -0.2) is 5.66 Å². The normalized spacial score (nSPS) is 27.1. The third-order valence-corrected chi connectivity index (χ3v) is 5.22. The predicted octanol–water partition coefficient (Wildman–Crippen LogP) is 4.32. The van der Waals surface area contributed by atoms with Crippen LogP contribution in [0.5, 0.6) is 0 Å². The Hall–Kier alpha value is -1.64. The van der Waals surface area contributed by atoms with Crippen molar-refractivity contribution in [1.82, 2.24) is 10.6 Å². The average Bonchev–Trinajstić information content (AvgIpc) is 2.96. The zero-order chi connectivity index (χ0) is 14.8. The van der Waals surface area contributed by atoms with E-state index in [0.29, 0.717) is 12.1 Å². The number of nitrogens with one attached hydrogen (secondary N) is 2. The number of hydrogen-bond acceptors (Lipinski definition) is 2. The highest BCUT2D eigenvalue weighted by molar-refractivity contribution is 5.31. The van der Waals surface area contributed by atoms with E-state index in [0.717, 1.165) is 0 Å². The van der Waals surface area contributed by atoms with Crippen molar-refractivity contribution in [3.05, 3.63) is 71.8 Å². The summed E-state index contributed by atoms with van der Waals surface area (Å²) < 4.78 is 0. The van der Waals surface area contributed by atoms with E-state index in [9.17, 15) is 0 Å². The zero-order valence-corrected chi connectivity index (χ0v) is 13.0. The van der Waals surface area contributed by atoms with Crippen LogP contribution in [0.15, 0.2) is 60.7 Å². The van der Waals surface area contributed by atoms with Gasteiger partial charge >= 0.3 is 0 Å². The number of benzene rings is 2. The molecule has 0 bridgehead atoms. The Balaban J connectivity index is 1.70. The number of hydrogen-bond donors (Lipinski definition) is 2. The first-order valence-corrected chi connectivity index (χ1v) is 8.52. The molecule has 2 atom stereocenters. The summed E-state index contributed by atoms with van der Waals surface area (Å²) in [6, 6.07) is 22.5. The van der Waals surface area contributed by atoms with Crippen LogP contribution >= 0.6 is 0 Å². The van der Waals surface area contributed by atoms with Gasteiger partial charge in [0.25, 0.3) is 0 Å². The summed E-state index contributed by atoms with van der Waals surface area (Å²) in [7, 11) is 0. The summed E-state index contributed by atoms with van der Waals surface area (Å²) in [4.78, 5) is 0. The van der Waals surface area contributed by atoms with Crippen LogP contribution in [0.4, 0.5) is 0 Å². The fourth-order valence-electron chi connectivity index (χ4n) is 4.12. The number of rotatable bonds is 2. The lowest BCUT2D eigenvalue weighted by Crippen LogP contribution is -2.50. The van der Waals surface area contributed by atoms with Crippen molar-refractivity contribution < 1.29 is 0 Å². The molecule has 0 radical (unpaired) electrons. The van der Waals surface area contributed by atoms with Gasteiger partial charge < -0.3 is 0 Å². The Bertz CT molecular complexity index is 553. The molecule has 2 heteroatoms. The second-order valence-corrected chi connectivity index (χ2v) is 6.71. The molecular formula is C20H24N2. The van der Waals surface area contributed by atoms with E-state index in [1.165, 1.54) is 43.2 Å². The minimum Gasteiger partial charge on any atom is -0.291 e. The summed E-state index contributed by atoms with van der Waals surface area (Å²) in [5.74, 6) is 0. The van der Waals surface area contributed by atoms with Gasteiger partial charge in [-0.1, -0.05) is 79.9 Å². The first kappa shape index (κ1) is 14.0. The fourth-order valence-corrected chi connectivity index (χ4v) is 4.12. The highest BCUT2D eigenvalue weighted by Crippen LogP contribution is 2.42. The van der Waals surface area contributed by atoms with Crippen molar-refractivity contribution in [2.75, 3.05) is 0 Å². The molecule has 4 rings (SSSR count). The molecule has 1 spiro atoms. The molecule has 2 aromatic rings. The average molecular weight is 292 g/mol. The molecule has 1 aliphatic carbocycles. The van der Waals surface area contributed by atoms with Gasteiger partial charge in [-0.15, -0.1) is 0 Å². The lowest BCUT2D eigenvalue weighted by molar-refractivity contribution is 0.223. The van der Waals surface area contributed by atoms with Gasteiger partial charge in [0.15, 0.2) is 0 Å². The van der Waals surface area contributed by atoms with Crippen LogP contribution in [0.1, 0.15) is 55.3 Å². The van der Waals surface area contributed by atoms with Crippen LogP contribution in [0.3, 0.4) is 0 Å². The van der Waals surface area contributed by atoms with Crippen LogP contribution in [0.25, 0.3) is 0 Å². The quantitative estimate of drug-likeness (QED) is 0.861. The molecule has 22 heavy (non-hydrogen) atoms. The van der Waals surface area contributed by atoms with Crippen molar-refractivity contribution in [2.24, 2.45) is 0 Å². The molecule has 1 saturated heterocycles. The highest BCUT2D eigenvalue weighted by Gasteiger charge is 2.45. The highest BCUT2D eigenvalue weighted by atomic mass is 15.3. The maximum atomic E-state index is 3.96. The summed E-state index contributed by atoms with van der Waals surface area (Å²) in [6.45, 7) is 0. The Kier molecular flexibility index (Phi) is 3.73. The molecule has 2 fully saturated rings. The van der Waals surface area contributed by atoms with Crippen molar-refractivity contribution in [1.29, 1.82) is 0 Å². The SMILES string of the molecule is c1ccc([C@H]2NC3(CCCCC3)N[C@@H]2c2ccccc2)cc1. The Morgan fingerprint density at radius 2 is 1.09 bits per heavy atom. The third kappa shape index (κ3) is 2.57. The van der Waals surface area contributed by atoms with E-state index in [2.05, 4.69) is 71.3 Å². The van der Waals surface area contributed by atoms with Gasteiger partial charge in [0.1, 0.15) is 0 Å².